The predicted octanol–water partition coefficient (Wildman–Crippen LogP) is 4.77. The number of imidazole rings is 1. The van der Waals surface area contributed by atoms with Crippen molar-refractivity contribution in [2.75, 3.05) is 5.32 Å². The number of anilines is 1. The van der Waals surface area contributed by atoms with Crippen LogP contribution < -0.4 is 15.4 Å². The van der Waals surface area contributed by atoms with E-state index < -0.39 is 6.04 Å². The number of carbonyl (C=O) groups is 2. The highest BCUT2D eigenvalue weighted by Crippen LogP contribution is 2.22. The molecule has 2 amide bonds. The molecule has 0 aliphatic carbocycles. The Bertz CT molecular complexity index is 1240. The Morgan fingerprint density at radius 1 is 1.09 bits per heavy atom. The highest BCUT2D eigenvalue weighted by atomic mass is 35.5. The van der Waals surface area contributed by atoms with E-state index in [2.05, 4.69) is 15.6 Å². The van der Waals surface area contributed by atoms with E-state index in [1.54, 1.807) is 42.5 Å². The summed E-state index contributed by atoms with van der Waals surface area (Å²) in [4.78, 5) is 28.8. The van der Waals surface area contributed by atoms with Crippen LogP contribution in [0.25, 0.3) is 5.65 Å². The molecule has 0 aliphatic heterocycles. The maximum Gasteiger partial charge on any atom is 0.226 e. The van der Waals surface area contributed by atoms with Gasteiger partial charge in [-0.25, -0.2) is 4.98 Å². The second kappa shape index (κ2) is 10.2. The van der Waals surface area contributed by atoms with E-state index in [0.717, 1.165) is 16.9 Å². The number of carbonyl (C=O) groups excluding carboxylic acids is 2. The molecule has 0 fully saturated rings. The summed E-state index contributed by atoms with van der Waals surface area (Å²) in [5.41, 5.74) is 3.06. The van der Waals surface area contributed by atoms with Crippen molar-refractivity contribution in [1.29, 1.82) is 0 Å². The Hall–Kier alpha value is -3.84. The minimum atomic E-state index is -0.464. The second-order valence-corrected chi connectivity index (χ2v) is 8.01. The molecule has 8 heteroatoms. The van der Waals surface area contributed by atoms with Gasteiger partial charge in [-0.2, -0.15) is 0 Å². The van der Waals surface area contributed by atoms with Gasteiger partial charge in [0.25, 0.3) is 0 Å². The van der Waals surface area contributed by atoms with Crippen molar-refractivity contribution in [1.82, 2.24) is 14.7 Å². The average molecular weight is 463 g/mol. The topological polar surface area (TPSA) is 84.7 Å². The van der Waals surface area contributed by atoms with Crippen LogP contribution in [-0.2, 0) is 16.2 Å². The van der Waals surface area contributed by atoms with E-state index in [1.165, 1.54) is 6.92 Å². The highest BCUT2D eigenvalue weighted by Gasteiger charge is 2.17. The summed E-state index contributed by atoms with van der Waals surface area (Å²) < 4.78 is 7.79. The average Bonchev–Trinajstić information content (AvgIpc) is 3.21. The lowest BCUT2D eigenvalue weighted by Gasteiger charge is -2.18. The lowest BCUT2D eigenvalue weighted by Crippen LogP contribution is -2.29. The standard InChI is InChI=1S/C25H23ClN4O3/c1-17(31)27-23(18-8-10-19(26)11-9-18)14-25(32)29-20-5-4-6-22(13-20)33-16-21-15-30-12-3-2-7-24(30)28-21/h2-13,15,23H,14,16H2,1H3,(H,27,31)(H,29,32). The summed E-state index contributed by atoms with van der Waals surface area (Å²) >= 11 is 5.95. The van der Waals surface area contributed by atoms with E-state index in [4.69, 9.17) is 16.3 Å². The summed E-state index contributed by atoms with van der Waals surface area (Å²) in [6, 6.07) is 19.5. The van der Waals surface area contributed by atoms with Crippen LogP contribution in [0.15, 0.2) is 79.1 Å². The number of nitrogens with zero attached hydrogens (tertiary/aromatic N) is 2. The van der Waals surface area contributed by atoms with Gasteiger partial charge in [-0.3, -0.25) is 9.59 Å². The van der Waals surface area contributed by atoms with E-state index >= 15 is 0 Å². The molecule has 0 saturated carbocycles. The van der Waals surface area contributed by atoms with Gasteiger partial charge in [-0.05, 0) is 42.0 Å². The number of halogens is 1. The van der Waals surface area contributed by atoms with Gasteiger partial charge in [0.05, 0.1) is 18.2 Å². The van der Waals surface area contributed by atoms with Crippen molar-refractivity contribution >= 4 is 34.7 Å². The van der Waals surface area contributed by atoms with Crippen LogP contribution >= 0.6 is 11.6 Å². The van der Waals surface area contributed by atoms with Crippen LogP contribution in [0.1, 0.15) is 30.6 Å². The molecular weight excluding hydrogens is 440 g/mol. The molecule has 33 heavy (non-hydrogen) atoms. The molecule has 2 aromatic carbocycles. The first-order chi connectivity index (χ1) is 16.0. The van der Waals surface area contributed by atoms with Gasteiger partial charge in [-0.15, -0.1) is 0 Å². The van der Waals surface area contributed by atoms with Crippen LogP contribution in [0.5, 0.6) is 5.75 Å². The smallest absolute Gasteiger partial charge is 0.226 e. The lowest BCUT2D eigenvalue weighted by atomic mass is 10.0. The minimum Gasteiger partial charge on any atom is -0.487 e. The number of aromatic nitrogens is 2. The fourth-order valence-electron chi connectivity index (χ4n) is 3.47. The maximum atomic E-state index is 12.7. The number of pyridine rings is 1. The molecule has 0 radical (unpaired) electrons. The predicted molar refractivity (Wildman–Crippen MR) is 127 cm³/mol. The highest BCUT2D eigenvalue weighted by molar-refractivity contribution is 6.30. The Kier molecular flexibility index (Phi) is 6.90. The molecule has 2 heterocycles. The molecule has 168 valence electrons. The zero-order chi connectivity index (χ0) is 23.2. The third-order valence-corrected chi connectivity index (χ3v) is 5.21. The normalized spacial score (nSPS) is 11.7. The van der Waals surface area contributed by atoms with Crippen molar-refractivity contribution in [3.63, 3.8) is 0 Å². The van der Waals surface area contributed by atoms with Crippen LogP contribution in [0.3, 0.4) is 0 Å². The molecule has 2 aromatic heterocycles. The van der Waals surface area contributed by atoms with Crippen LogP contribution in [0.4, 0.5) is 5.69 Å². The molecular formula is C25H23ClN4O3. The first kappa shape index (κ1) is 22.4. The van der Waals surface area contributed by atoms with Crippen LogP contribution in [-0.4, -0.2) is 21.2 Å². The van der Waals surface area contributed by atoms with E-state index in [9.17, 15) is 9.59 Å². The number of benzene rings is 2. The van der Waals surface area contributed by atoms with Crippen molar-refractivity contribution < 1.29 is 14.3 Å². The number of nitrogens with one attached hydrogen (secondary N) is 2. The molecule has 4 aromatic rings. The Morgan fingerprint density at radius 2 is 1.91 bits per heavy atom. The Labute approximate surface area is 196 Å². The SMILES string of the molecule is CC(=O)NC(CC(=O)Nc1cccc(OCc2cn3ccccc3n2)c1)c1ccc(Cl)cc1. The molecule has 7 nitrogen and oxygen atoms in total. The van der Waals surface area contributed by atoms with Gasteiger partial charge in [0, 0.05) is 36.1 Å². The van der Waals surface area contributed by atoms with Gasteiger partial charge < -0.3 is 19.8 Å². The van der Waals surface area contributed by atoms with Crippen molar-refractivity contribution in [2.24, 2.45) is 0 Å². The summed E-state index contributed by atoms with van der Waals surface area (Å²) in [6.45, 7) is 1.73. The van der Waals surface area contributed by atoms with Crippen LogP contribution in [0, 0.1) is 0 Å². The maximum absolute atomic E-state index is 12.7. The molecule has 0 saturated heterocycles. The van der Waals surface area contributed by atoms with Gasteiger partial charge in [0.2, 0.25) is 11.8 Å². The lowest BCUT2D eigenvalue weighted by molar-refractivity contribution is -0.120. The number of amides is 2. The number of rotatable bonds is 8. The van der Waals surface area contributed by atoms with Gasteiger partial charge >= 0.3 is 0 Å². The Morgan fingerprint density at radius 3 is 2.67 bits per heavy atom. The van der Waals surface area contributed by atoms with E-state index in [1.807, 2.05) is 41.1 Å². The molecule has 0 bridgehead atoms. The molecule has 0 spiro atoms. The third kappa shape index (κ3) is 6.11. The number of hydrogen-bond donors (Lipinski definition) is 2. The van der Waals surface area contributed by atoms with Gasteiger partial charge in [0.15, 0.2) is 0 Å². The summed E-state index contributed by atoms with van der Waals surface area (Å²) in [6.07, 6.45) is 3.92. The molecule has 4 rings (SSSR count). The van der Waals surface area contributed by atoms with Crippen LogP contribution in [0.2, 0.25) is 5.02 Å². The molecule has 1 unspecified atom stereocenters. The first-order valence-corrected chi connectivity index (χ1v) is 10.8. The zero-order valence-electron chi connectivity index (χ0n) is 18.0. The molecule has 1 atom stereocenters. The monoisotopic (exact) mass is 462 g/mol. The minimum absolute atomic E-state index is 0.0769. The summed E-state index contributed by atoms with van der Waals surface area (Å²) in [7, 11) is 0. The van der Waals surface area contributed by atoms with Crippen molar-refractivity contribution in [3.05, 3.63) is 95.4 Å². The zero-order valence-corrected chi connectivity index (χ0v) is 18.8. The quantitative estimate of drug-likeness (QED) is 0.395. The van der Waals surface area contributed by atoms with Gasteiger partial charge in [0.1, 0.15) is 18.0 Å². The van der Waals surface area contributed by atoms with Crippen molar-refractivity contribution in [2.45, 2.75) is 26.0 Å². The largest absolute Gasteiger partial charge is 0.487 e. The van der Waals surface area contributed by atoms with Gasteiger partial charge in [-0.1, -0.05) is 35.9 Å². The molecule has 0 aliphatic rings. The fraction of sp³-hybridized carbons (Fsp3) is 0.160. The third-order valence-electron chi connectivity index (χ3n) is 4.96. The van der Waals surface area contributed by atoms with E-state index in [-0.39, 0.29) is 18.2 Å². The van der Waals surface area contributed by atoms with E-state index in [0.29, 0.717) is 23.1 Å². The summed E-state index contributed by atoms with van der Waals surface area (Å²) in [5, 5.41) is 6.28. The first-order valence-electron chi connectivity index (χ1n) is 10.4. The Balaban J connectivity index is 1.38. The second-order valence-electron chi connectivity index (χ2n) is 7.57. The molecule has 2 N–H and O–H groups in total. The number of hydrogen-bond acceptors (Lipinski definition) is 4. The summed E-state index contributed by atoms with van der Waals surface area (Å²) in [5.74, 6) is 0.160. The van der Waals surface area contributed by atoms with Crippen molar-refractivity contribution in [3.8, 4) is 5.75 Å². The number of ether oxygens (including phenoxy) is 1. The number of fused-ring (bicyclic) bond motifs is 1. The fourth-order valence-corrected chi connectivity index (χ4v) is 3.59.